The van der Waals surface area contributed by atoms with Crippen molar-refractivity contribution in [2.75, 3.05) is 0 Å². The van der Waals surface area contributed by atoms with Crippen molar-refractivity contribution in [2.45, 2.75) is 10.1 Å². The molecule has 1 aromatic heterocycles. The number of amides is 1. The Morgan fingerprint density at radius 3 is 3.00 bits per heavy atom. The maximum Gasteiger partial charge on any atom is 0.265 e. The molecule has 3 N–H and O–H groups in total. The number of benzene rings is 1. The predicted molar refractivity (Wildman–Crippen MR) is 77.5 cm³/mol. The van der Waals surface area contributed by atoms with Gasteiger partial charge in [0.1, 0.15) is 4.34 Å². The van der Waals surface area contributed by atoms with Gasteiger partial charge in [0.25, 0.3) is 5.91 Å². The summed E-state index contributed by atoms with van der Waals surface area (Å²) in [4.78, 5) is 15.6. The van der Waals surface area contributed by atoms with Crippen molar-refractivity contribution in [3.63, 3.8) is 0 Å². The van der Waals surface area contributed by atoms with E-state index in [4.69, 9.17) is 5.84 Å². The number of nitrogen functional groups attached to an aromatic ring is 1. The quantitative estimate of drug-likeness (QED) is 0.387. The third kappa shape index (κ3) is 3.32. The lowest BCUT2D eigenvalue weighted by molar-refractivity contribution is 0.0953. The summed E-state index contributed by atoms with van der Waals surface area (Å²) < 4.78 is 1.93. The molecule has 0 radical (unpaired) electrons. The highest BCUT2D eigenvalue weighted by molar-refractivity contribution is 9.10. The minimum Gasteiger partial charge on any atom is -0.290 e. The second-order valence-corrected chi connectivity index (χ2v) is 6.34. The molecule has 2 rings (SSSR count). The SMILES string of the molecule is NNC(=O)c1ccc(CSc2nccs2)c(Br)c1. The van der Waals surface area contributed by atoms with E-state index in [0.717, 1.165) is 20.1 Å². The van der Waals surface area contributed by atoms with Crippen LogP contribution >= 0.6 is 39.0 Å². The Morgan fingerprint density at radius 1 is 1.56 bits per heavy atom. The molecule has 0 aliphatic heterocycles. The predicted octanol–water partition coefficient (Wildman–Crippen LogP) is 2.80. The van der Waals surface area contributed by atoms with E-state index >= 15 is 0 Å². The van der Waals surface area contributed by atoms with E-state index in [9.17, 15) is 4.79 Å². The maximum atomic E-state index is 11.4. The van der Waals surface area contributed by atoms with Crippen LogP contribution in [0.1, 0.15) is 15.9 Å². The van der Waals surface area contributed by atoms with Gasteiger partial charge in [0, 0.05) is 27.4 Å². The van der Waals surface area contributed by atoms with Gasteiger partial charge in [-0.05, 0) is 17.7 Å². The zero-order chi connectivity index (χ0) is 13.0. The first kappa shape index (κ1) is 13.5. The van der Waals surface area contributed by atoms with Crippen molar-refractivity contribution in [3.8, 4) is 0 Å². The lowest BCUT2D eigenvalue weighted by Gasteiger charge is -2.05. The highest BCUT2D eigenvalue weighted by atomic mass is 79.9. The van der Waals surface area contributed by atoms with E-state index in [0.29, 0.717) is 5.56 Å². The molecule has 1 amide bonds. The Balaban J connectivity index is 2.08. The molecule has 0 unspecified atom stereocenters. The lowest BCUT2D eigenvalue weighted by atomic mass is 10.1. The Labute approximate surface area is 121 Å². The summed E-state index contributed by atoms with van der Waals surface area (Å²) in [6.07, 6.45) is 1.79. The number of halogens is 1. The molecular formula is C11H10BrN3OS2. The molecule has 7 heteroatoms. The zero-order valence-electron chi connectivity index (χ0n) is 9.22. The molecule has 1 aromatic carbocycles. The number of carbonyl (C=O) groups is 1. The summed E-state index contributed by atoms with van der Waals surface area (Å²) in [7, 11) is 0. The molecule has 1 heterocycles. The van der Waals surface area contributed by atoms with Gasteiger partial charge in [-0.2, -0.15) is 0 Å². The number of nitrogens with one attached hydrogen (secondary N) is 1. The second kappa shape index (κ2) is 6.33. The van der Waals surface area contributed by atoms with Crippen LogP contribution in [0.4, 0.5) is 0 Å². The van der Waals surface area contributed by atoms with E-state index in [1.54, 1.807) is 41.4 Å². The van der Waals surface area contributed by atoms with E-state index in [-0.39, 0.29) is 5.91 Å². The minimum absolute atomic E-state index is 0.296. The van der Waals surface area contributed by atoms with Crippen molar-refractivity contribution in [1.29, 1.82) is 0 Å². The van der Waals surface area contributed by atoms with Crippen LogP contribution in [-0.2, 0) is 5.75 Å². The molecule has 0 aliphatic carbocycles. The van der Waals surface area contributed by atoms with Crippen LogP contribution < -0.4 is 11.3 Å². The summed E-state index contributed by atoms with van der Waals surface area (Å²) in [5.41, 5.74) is 3.76. The van der Waals surface area contributed by atoms with Gasteiger partial charge in [-0.15, -0.1) is 11.3 Å². The van der Waals surface area contributed by atoms with Crippen LogP contribution in [0.15, 0.2) is 38.6 Å². The monoisotopic (exact) mass is 343 g/mol. The summed E-state index contributed by atoms with van der Waals surface area (Å²) in [5, 5.41) is 1.95. The van der Waals surface area contributed by atoms with E-state index < -0.39 is 0 Å². The van der Waals surface area contributed by atoms with E-state index in [1.807, 2.05) is 11.4 Å². The first-order chi connectivity index (χ1) is 8.70. The third-order valence-electron chi connectivity index (χ3n) is 2.21. The number of hydrogen-bond donors (Lipinski definition) is 2. The van der Waals surface area contributed by atoms with Gasteiger partial charge in [0.2, 0.25) is 0 Å². The molecule has 0 fully saturated rings. The largest absolute Gasteiger partial charge is 0.290 e. The normalized spacial score (nSPS) is 10.3. The smallest absolute Gasteiger partial charge is 0.265 e. The van der Waals surface area contributed by atoms with Crippen LogP contribution in [0.5, 0.6) is 0 Å². The minimum atomic E-state index is -0.296. The van der Waals surface area contributed by atoms with Crippen LogP contribution in [0.3, 0.4) is 0 Å². The van der Waals surface area contributed by atoms with Gasteiger partial charge in [-0.1, -0.05) is 33.8 Å². The second-order valence-electron chi connectivity index (χ2n) is 3.37. The number of nitrogens with zero attached hydrogens (tertiary/aromatic N) is 1. The van der Waals surface area contributed by atoms with Crippen LogP contribution in [0.2, 0.25) is 0 Å². The number of hydrazine groups is 1. The van der Waals surface area contributed by atoms with Crippen molar-refractivity contribution < 1.29 is 4.79 Å². The number of aromatic nitrogens is 1. The number of carbonyl (C=O) groups excluding carboxylic acids is 1. The van der Waals surface area contributed by atoms with Crippen molar-refractivity contribution >= 4 is 44.9 Å². The molecule has 0 aliphatic rings. The average molecular weight is 344 g/mol. The number of thiazole rings is 1. The molecule has 0 saturated carbocycles. The number of hydrogen-bond acceptors (Lipinski definition) is 5. The Bertz CT molecular complexity index is 545. The fourth-order valence-corrected chi connectivity index (χ4v) is 3.66. The summed E-state index contributed by atoms with van der Waals surface area (Å²) in [5.74, 6) is 5.60. The average Bonchev–Trinajstić information content (AvgIpc) is 2.89. The molecule has 4 nitrogen and oxygen atoms in total. The van der Waals surface area contributed by atoms with Crippen molar-refractivity contribution in [1.82, 2.24) is 10.4 Å². The molecule has 0 bridgehead atoms. The van der Waals surface area contributed by atoms with Crippen LogP contribution in [0, 0.1) is 0 Å². The van der Waals surface area contributed by atoms with Crippen molar-refractivity contribution in [2.24, 2.45) is 5.84 Å². The van der Waals surface area contributed by atoms with E-state index in [1.165, 1.54) is 0 Å². The lowest BCUT2D eigenvalue weighted by Crippen LogP contribution is -2.29. The summed E-state index contributed by atoms with van der Waals surface area (Å²) in [6.45, 7) is 0. The molecular weight excluding hydrogens is 334 g/mol. The number of thioether (sulfide) groups is 1. The van der Waals surface area contributed by atoms with Gasteiger partial charge in [0.05, 0.1) is 0 Å². The first-order valence-corrected chi connectivity index (χ1v) is 7.68. The molecule has 2 aromatic rings. The molecule has 94 valence electrons. The topological polar surface area (TPSA) is 68.0 Å². The molecule has 0 atom stereocenters. The Hall–Kier alpha value is -0.890. The highest BCUT2D eigenvalue weighted by Gasteiger charge is 2.08. The fraction of sp³-hybridized carbons (Fsp3) is 0.0909. The summed E-state index contributed by atoms with van der Waals surface area (Å²) in [6, 6.07) is 5.43. The van der Waals surface area contributed by atoms with Crippen LogP contribution in [-0.4, -0.2) is 10.9 Å². The molecule has 0 saturated heterocycles. The van der Waals surface area contributed by atoms with E-state index in [2.05, 4.69) is 26.3 Å². The van der Waals surface area contributed by atoms with Gasteiger partial charge < -0.3 is 0 Å². The van der Waals surface area contributed by atoms with Gasteiger partial charge >= 0.3 is 0 Å². The van der Waals surface area contributed by atoms with Crippen LogP contribution in [0.25, 0.3) is 0 Å². The first-order valence-electron chi connectivity index (χ1n) is 5.02. The van der Waals surface area contributed by atoms with Gasteiger partial charge in [-0.25, -0.2) is 10.8 Å². The van der Waals surface area contributed by atoms with Gasteiger partial charge in [0.15, 0.2) is 0 Å². The molecule has 0 spiro atoms. The fourth-order valence-electron chi connectivity index (χ4n) is 1.31. The Morgan fingerprint density at radius 2 is 2.39 bits per heavy atom. The number of nitrogens with two attached hydrogens (primary N) is 1. The third-order valence-corrected chi connectivity index (χ3v) is 4.96. The van der Waals surface area contributed by atoms with Gasteiger partial charge in [-0.3, -0.25) is 10.2 Å². The van der Waals surface area contributed by atoms with Crippen molar-refractivity contribution in [3.05, 3.63) is 45.4 Å². The number of rotatable bonds is 4. The molecule has 18 heavy (non-hydrogen) atoms. The highest BCUT2D eigenvalue weighted by Crippen LogP contribution is 2.28. The maximum absolute atomic E-state index is 11.4. The zero-order valence-corrected chi connectivity index (χ0v) is 12.4. The Kier molecular flexibility index (Phi) is 4.76. The standard InChI is InChI=1S/C11H10BrN3OS2/c12-9-5-7(10(16)15-13)1-2-8(9)6-18-11-14-3-4-17-11/h1-5H,6,13H2,(H,15,16). The summed E-state index contributed by atoms with van der Waals surface area (Å²) >= 11 is 6.74.